The van der Waals surface area contributed by atoms with Crippen LogP contribution < -0.4 is 11.1 Å². The molecule has 0 aliphatic heterocycles. The Morgan fingerprint density at radius 1 is 1.33 bits per heavy atom. The highest BCUT2D eigenvalue weighted by atomic mass is 19.1. The first-order valence-corrected chi connectivity index (χ1v) is 11.4. The van der Waals surface area contributed by atoms with Crippen LogP contribution in [0.4, 0.5) is 10.2 Å². The van der Waals surface area contributed by atoms with E-state index in [0.29, 0.717) is 40.5 Å². The van der Waals surface area contributed by atoms with Crippen molar-refractivity contribution >= 4 is 17.2 Å². The zero-order chi connectivity index (χ0) is 24.3. The monoisotopic (exact) mass is 456 g/mol. The first-order valence-electron chi connectivity index (χ1n) is 11.4. The average molecular weight is 457 g/mol. The number of pyridine rings is 1. The third-order valence-corrected chi connectivity index (χ3v) is 5.75. The quantitative estimate of drug-likeness (QED) is 0.399. The van der Waals surface area contributed by atoms with Gasteiger partial charge in [0.05, 0.1) is 17.5 Å². The predicted molar refractivity (Wildman–Crippen MR) is 127 cm³/mol. The molecule has 0 saturated carbocycles. The van der Waals surface area contributed by atoms with Crippen LogP contribution in [-0.4, -0.2) is 43.1 Å². The molecule has 8 nitrogen and oxygen atoms in total. The van der Waals surface area contributed by atoms with Crippen molar-refractivity contribution in [2.24, 2.45) is 0 Å². The Morgan fingerprint density at radius 3 is 2.64 bits per heavy atom. The van der Waals surface area contributed by atoms with Crippen LogP contribution in [0.3, 0.4) is 0 Å². The molecule has 0 unspecified atom stereocenters. The molecule has 3 rings (SSSR count). The fraction of sp³-hybridized carbons (Fsp3) is 0.500. The Hall–Kier alpha value is -2.91. The number of nitrogens with one attached hydrogen (secondary N) is 1. The normalized spacial score (nSPS) is 12.9. The number of anilines is 1. The predicted octanol–water partition coefficient (Wildman–Crippen LogP) is 3.65. The summed E-state index contributed by atoms with van der Waals surface area (Å²) in [6.07, 6.45) is 6.39. The van der Waals surface area contributed by atoms with Crippen molar-refractivity contribution in [3.63, 3.8) is 0 Å². The van der Waals surface area contributed by atoms with Gasteiger partial charge in [0.1, 0.15) is 22.9 Å². The zero-order valence-corrected chi connectivity index (χ0v) is 19.9. The lowest BCUT2D eigenvalue weighted by Crippen LogP contribution is -2.30. The van der Waals surface area contributed by atoms with Crippen molar-refractivity contribution in [3.8, 4) is 11.1 Å². The van der Waals surface area contributed by atoms with Gasteiger partial charge in [-0.15, -0.1) is 0 Å². The second-order valence-corrected chi connectivity index (χ2v) is 8.88. The molecule has 1 atom stereocenters. The molecule has 0 spiro atoms. The van der Waals surface area contributed by atoms with Gasteiger partial charge in [-0.05, 0) is 59.1 Å². The first-order chi connectivity index (χ1) is 15.6. The second kappa shape index (κ2) is 9.93. The van der Waals surface area contributed by atoms with E-state index in [0.717, 1.165) is 25.8 Å². The van der Waals surface area contributed by atoms with Crippen molar-refractivity contribution in [1.82, 2.24) is 24.9 Å². The molecule has 3 aromatic rings. The van der Waals surface area contributed by atoms with E-state index in [1.807, 2.05) is 0 Å². The number of hydrogen-bond acceptors (Lipinski definition) is 7. The molecule has 0 bridgehead atoms. The summed E-state index contributed by atoms with van der Waals surface area (Å²) in [5, 5.41) is 17.9. The highest BCUT2D eigenvalue weighted by molar-refractivity contribution is 6.00. The summed E-state index contributed by atoms with van der Waals surface area (Å²) in [6.45, 7) is 9.59. The Morgan fingerprint density at radius 2 is 2.06 bits per heavy atom. The van der Waals surface area contributed by atoms with Gasteiger partial charge in [-0.3, -0.25) is 9.78 Å². The van der Waals surface area contributed by atoms with E-state index in [9.17, 15) is 14.3 Å². The van der Waals surface area contributed by atoms with Crippen molar-refractivity contribution < 1.29 is 14.3 Å². The van der Waals surface area contributed by atoms with E-state index in [1.165, 1.54) is 43.7 Å². The molecule has 0 fully saturated rings. The van der Waals surface area contributed by atoms with Crippen molar-refractivity contribution in [3.05, 3.63) is 41.2 Å². The van der Waals surface area contributed by atoms with Gasteiger partial charge in [-0.25, -0.2) is 9.37 Å². The maximum Gasteiger partial charge on any atom is 0.165 e. The number of nitrogens with two attached hydrogens (primary N) is 1. The molecule has 0 aliphatic carbocycles. The van der Waals surface area contributed by atoms with Crippen molar-refractivity contribution in [1.29, 1.82) is 0 Å². The largest absolute Gasteiger partial charge is 0.384 e. The number of nitrogen functional groups attached to an aromatic ring is 1. The molecule has 33 heavy (non-hydrogen) atoms. The highest BCUT2D eigenvalue weighted by Gasteiger charge is 2.25. The molecule has 0 aliphatic rings. The standard InChI is InChI=1S/C24H33FN6O2/c1-6-10-27-16(7-2)8-9-19-20(14(3)32)22(26)31-23(30-19)17(13-29-31)15-11-18(25)21(28-12-15)24(4,5)33/h11-13,16,27,33H,6-10,26H2,1-5H3/t16-/m1/s1. The molecule has 3 heterocycles. The van der Waals surface area contributed by atoms with E-state index in [2.05, 4.69) is 29.2 Å². The molecule has 4 N–H and O–H groups in total. The molecule has 178 valence electrons. The van der Waals surface area contributed by atoms with Crippen molar-refractivity contribution in [2.45, 2.75) is 71.9 Å². The summed E-state index contributed by atoms with van der Waals surface area (Å²) < 4.78 is 16.1. The minimum atomic E-state index is -1.41. The van der Waals surface area contributed by atoms with Crippen LogP contribution in [0.15, 0.2) is 18.5 Å². The topological polar surface area (TPSA) is 118 Å². The van der Waals surface area contributed by atoms with E-state index >= 15 is 0 Å². The van der Waals surface area contributed by atoms with Crippen LogP contribution in [0.2, 0.25) is 0 Å². The lowest BCUT2D eigenvalue weighted by Gasteiger charge is -2.18. The number of halogens is 1. The third kappa shape index (κ3) is 5.20. The minimum absolute atomic E-state index is 0.0417. The number of aryl methyl sites for hydroxylation is 1. The van der Waals surface area contributed by atoms with Crippen LogP contribution in [0.5, 0.6) is 0 Å². The van der Waals surface area contributed by atoms with E-state index in [4.69, 9.17) is 10.7 Å². The van der Waals surface area contributed by atoms with Gasteiger partial charge in [0.2, 0.25) is 0 Å². The highest BCUT2D eigenvalue weighted by Crippen LogP contribution is 2.30. The van der Waals surface area contributed by atoms with E-state index in [1.54, 1.807) is 0 Å². The van der Waals surface area contributed by atoms with Crippen LogP contribution in [-0.2, 0) is 12.0 Å². The molecule has 9 heteroatoms. The average Bonchev–Trinajstić information content (AvgIpc) is 3.17. The fourth-order valence-electron chi connectivity index (χ4n) is 3.98. The van der Waals surface area contributed by atoms with Crippen molar-refractivity contribution in [2.75, 3.05) is 12.3 Å². The number of aromatic nitrogens is 4. The lowest BCUT2D eigenvalue weighted by atomic mass is 10.0. The number of carbonyl (C=O) groups excluding carboxylic acids is 1. The molecule has 0 aromatic carbocycles. The van der Waals surface area contributed by atoms with Gasteiger partial charge in [0.15, 0.2) is 11.4 Å². The smallest absolute Gasteiger partial charge is 0.165 e. The minimum Gasteiger partial charge on any atom is -0.384 e. The Bertz CT molecular complexity index is 1150. The zero-order valence-electron chi connectivity index (χ0n) is 19.9. The van der Waals surface area contributed by atoms with Crippen LogP contribution >= 0.6 is 0 Å². The maximum atomic E-state index is 14.7. The van der Waals surface area contributed by atoms with Gasteiger partial charge in [-0.1, -0.05) is 13.8 Å². The van der Waals surface area contributed by atoms with Crippen LogP contribution in [0.25, 0.3) is 16.8 Å². The number of ketones is 1. The van der Waals surface area contributed by atoms with Gasteiger partial charge in [0, 0.05) is 23.4 Å². The molecule has 0 radical (unpaired) electrons. The number of nitrogens with zero attached hydrogens (tertiary/aromatic N) is 4. The number of fused-ring (bicyclic) bond motifs is 1. The molecule has 0 amide bonds. The molecular formula is C24H33FN6O2. The number of rotatable bonds is 10. The molecular weight excluding hydrogens is 423 g/mol. The maximum absolute atomic E-state index is 14.7. The summed E-state index contributed by atoms with van der Waals surface area (Å²) in [5.74, 6) is -0.587. The van der Waals surface area contributed by atoms with Gasteiger partial charge >= 0.3 is 0 Å². The second-order valence-electron chi connectivity index (χ2n) is 8.88. The van der Waals surface area contributed by atoms with Gasteiger partial charge in [-0.2, -0.15) is 9.61 Å². The summed E-state index contributed by atoms with van der Waals surface area (Å²) >= 11 is 0. The summed E-state index contributed by atoms with van der Waals surface area (Å²) in [6, 6.07) is 1.61. The fourth-order valence-corrected chi connectivity index (χ4v) is 3.98. The van der Waals surface area contributed by atoms with Gasteiger partial charge < -0.3 is 16.2 Å². The molecule has 0 saturated heterocycles. The number of hydrogen-bond donors (Lipinski definition) is 3. The Kier molecular flexibility index (Phi) is 7.44. The number of Topliss-reactive ketones (excluding diaryl/α,β-unsaturated/α-hetero) is 1. The summed E-state index contributed by atoms with van der Waals surface area (Å²) in [7, 11) is 0. The Balaban J connectivity index is 2.06. The van der Waals surface area contributed by atoms with E-state index in [-0.39, 0.29) is 17.3 Å². The first kappa shape index (κ1) is 24.7. The van der Waals surface area contributed by atoms with Gasteiger partial charge in [0.25, 0.3) is 0 Å². The summed E-state index contributed by atoms with van der Waals surface area (Å²) in [4.78, 5) is 21.3. The van der Waals surface area contributed by atoms with Crippen LogP contribution in [0.1, 0.15) is 75.6 Å². The molecule has 3 aromatic heterocycles. The Labute approximate surface area is 193 Å². The van der Waals surface area contributed by atoms with E-state index < -0.39 is 11.4 Å². The third-order valence-electron chi connectivity index (χ3n) is 5.75. The summed E-state index contributed by atoms with van der Waals surface area (Å²) in [5.41, 5.74) is 7.30. The number of carbonyl (C=O) groups is 1. The number of aliphatic hydroxyl groups is 1. The van der Waals surface area contributed by atoms with Crippen LogP contribution in [0, 0.1) is 5.82 Å². The SMILES string of the molecule is CCCN[C@H](CC)CCc1nc2c(-c3cnc(C(C)(C)O)c(F)c3)cnn2c(N)c1C(C)=O. The lowest BCUT2D eigenvalue weighted by molar-refractivity contribution is 0.0695.